The molecule has 0 aromatic heterocycles. The lowest BCUT2D eigenvalue weighted by molar-refractivity contribution is 0.149. The molecule has 2 amide bonds. The molecule has 0 aliphatic heterocycles. The Hall–Kier alpha value is -1.71. The zero-order valence-electron chi connectivity index (χ0n) is 12.1. The minimum absolute atomic E-state index is 0.0872. The van der Waals surface area contributed by atoms with E-state index in [0.29, 0.717) is 19.7 Å². The molecule has 0 radical (unpaired) electrons. The second-order valence-electron chi connectivity index (χ2n) is 4.20. The normalized spacial score (nSPS) is 10.1. The van der Waals surface area contributed by atoms with E-state index in [0.717, 1.165) is 18.8 Å². The molecule has 1 aromatic rings. The minimum atomic E-state index is 0.0872. The molecular formula is C15H24N2O2. The molecule has 0 aliphatic carbocycles. The monoisotopic (exact) mass is 264 g/mol. The third kappa shape index (κ3) is 4.81. The van der Waals surface area contributed by atoms with E-state index in [1.54, 1.807) is 0 Å². The van der Waals surface area contributed by atoms with E-state index in [4.69, 9.17) is 4.74 Å². The van der Waals surface area contributed by atoms with Crippen LogP contribution in [0.4, 0.5) is 4.79 Å². The van der Waals surface area contributed by atoms with Gasteiger partial charge in [0.25, 0.3) is 0 Å². The first-order chi connectivity index (χ1) is 9.22. The van der Waals surface area contributed by atoms with Crippen molar-refractivity contribution in [1.29, 1.82) is 0 Å². The van der Waals surface area contributed by atoms with Crippen molar-refractivity contribution in [2.24, 2.45) is 0 Å². The number of carbonyl (C=O) groups excluding carboxylic acids is 1. The van der Waals surface area contributed by atoms with Gasteiger partial charge in [-0.05, 0) is 32.9 Å². The Bertz CT molecular complexity index is 364. The Morgan fingerprint density at radius 3 is 2.11 bits per heavy atom. The van der Waals surface area contributed by atoms with Gasteiger partial charge in [0.1, 0.15) is 12.4 Å². The molecule has 0 unspecified atom stereocenters. The van der Waals surface area contributed by atoms with Gasteiger partial charge < -0.3 is 14.5 Å². The van der Waals surface area contributed by atoms with Crippen molar-refractivity contribution in [2.45, 2.75) is 20.8 Å². The Morgan fingerprint density at radius 1 is 1.00 bits per heavy atom. The molecule has 0 saturated heterocycles. The molecule has 0 spiro atoms. The summed E-state index contributed by atoms with van der Waals surface area (Å²) in [4.78, 5) is 15.8. The van der Waals surface area contributed by atoms with Crippen molar-refractivity contribution in [3.05, 3.63) is 30.3 Å². The van der Waals surface area contributed by atoms with Crippen LogP contribution in [0.5, 0.6) is 5.75 Å². The minimum Gasteiger partial charge on any atom is -0.492 e. The van der Waals surface area contributed by atoms with Crippen molar-refractivity contribution < 1.29 is 9.53 Å². The van der Waals surface area contributed by atoms with Crippen LogP contribution in [0.3, 0.4) is 0 Å². The van der Waals surface area contributed by atoms with Crippen molar-refractivity contribution in [3.63, 3.8) is 0 Å². The SMILES string of the molecule is CCN(CC)C(=O)N(CC)CCOc1ccccc1. The summed E-state index contributed by atoms with van der Waals surface area (Å²) in [5, 5.41) is 0. The number of hydrogen-bond acceptors (Lipinski definition) is 2. The summed E-state index contributed by atoms with van der Waals surface area (Å²) in [6.45, 7) is 9.30. The highest BCUT2D eigenvalue weighted by atomic mass is 16.5. The van der Waals surface area contributed by atoms with E-state index in [1.165, 1.54) is 0 Å². The molecule has 0 aliphatic rings. The van der Waals surface area contributed by atoms with Crippen molar-refractivity contribution in [1.82, 2.24) is 9.80 Å². The van der Waals surface area contributed by atoms with Gasteiger partial charge in [-0.2, -0.15) is 0 Å². The van der Waals surface area contributed by atoms with Crippen molar-refractivity contribution in [2.75, 3.05) is 32.8 Å². The number of amides is 2. The van der Waals surface area contributed by atoms with Crippen LogP contribution in [0.25, 0.3) is 0 Å². The third-order valence-electron chi connectivity index (χ3n) is 3.06. The van der Waals surface area contributed by atoms with Crippen LogP contribution in [0.2, 0.25) is 0 Å². The fourth-order valence-corrected chi connectivity index (χ4v) is 1.87. The second-order valence-corrected chi connectivity index (χ2v) is 4.20. The molecule has 0 fully saturated rings. The fourth-order valence-electron chi connectivity index (χ4n) is 1.87. The number of likely N-dealkylation sites (N-methyl/N-ethyl adjacent to an activating group) is 1. The van der Waals surface area contributed by atoms with E-state index in [9.17, 15) is 4.79 Å². The number of carbonyl (C=O) groups is 1. The molecule has 0 N–H and O–H groups in total. The maximum absolute atomic E-state index is 12.2. The van der Waals surface area contributed by atoms with Crippen LogP contribution in [0.15, 0.2) is 30.3 Å². The molecule has 0 heterocycles. The first-order valence-electron chi connectivity index (χ1n) is 6.94. The van der Waals surface area contributed by atoms with Gasteiger partial charge in [0.15, 0.2) is 0 Å². The lowest BCUT2D eigenvalue weighted by atomic mass is 10.3. The zero-order chi connectivity index (χ0) is 14.1. The van der Waals surface area contributed by atoms with Crippen LogP contribution < -0.4 is 4.74 Å². The van der Waals surface area contributed by atoms with Gasteiger partial charge in [-0.1, -0.05) is 18.2 Å². The summed E-state index contributed by atoms with van der Waals surface area (Å²) < 4.78 is 5.62. The molecule has 0 bridgehead atoms. The summed E-state index contributed by atoms with van der Waals surface area (Å²) in [5.41, 5.74) is 0. The number of para-hydroxylation sites is 1. The van der Waals surface area contributed by atoms with Crippen LogP contribution >= 0.6 is 0 Å². The molecule has 1 aromatic carbocycles. The number of hydrogen-bond donors (Lipinski definition) is 0. The maximum Gasteiger partial charge on any atom is 0.320 e. The molecule has 1 rings (SSSR count). The smallest absolute Gasteiger partial charge is 0.320 e. The summed E-state index contributed by atoms with van der Waals surface area (Å²) >= 11 is 0. The van der Waals surface area contributed by atoms with Gasteiger partial charge in [-0.3, -0.25) is 0 Å². The number of urea groups is 1. The first kappa shape index (κ1) is 15.3. The Kier molecular flexibility index (Phi) is 6.79. The first-order valence-corrected chi connectivity index (χ1v) is 6.94. The molecular weight excluding hydrogens is 240 g/mol. The Morgan fingerprint density at radius 2 is 1.58 bits per heavy atom. The molecule has 0 atom stereocenters. The predicted molar refractivity (Wildman–Crippen MR) is 77.5 cm³/mol. The standard InChI is InChI=1S/C15H24N2O2/c1-4-16(5-2)15(18)17(6-3)12-13-19-14-10-8-7-9-11-14/h7-11H,4-6,12-13H2,1-3H3. The lowest BCUT2D eigenvalue weighted by Crippen LogP contribution is -2.44. The van der Waals surface area contributed by atoms with Crippen LogP contribution in [0, 0.1) is 0 Å². The fraction of sp³-hybridized carbons (Fsp3) is 0.533. The highest BCUT2D eigenvalue weighted by Crippen LogP contribution is 2.08. The van der Waals surface area contributed by atoms with E-state index in [-0.39, 0.29) is 6.03 Å². The van der Waals surface area contributed by atoms with Crippen LogP contribution in [-0.2, 0) is 0 Å². The topological polar surface area (TPSA) is 32.8 Å². The summed E-state index contributed by atoms with van der Waals surface area (Å²) in [6, 6.07) is 9.76. The molecule has 4 nitrogen and oxygen atoms in total. The zero-order valence-corrected chi connectivity index (χ0v) is 12.1. The van der Waals surface area contributed by atoms with E-state index >= 15 is 0 Å². The van der Waals surface area contributed by atoms with Gasteiger partial charge >= 0.3 is 6.03 Å². The van der Waals surface area contributed by atoms with E-state index in [1.807, 2.05) is 60.9 Å². The Balaban J connectivity index is 2.42. The second kappa shape index (κ2) is 8.40. The number of nitrogens with zero attached hydrogens (tertiary/aromatic N) is 2. The molecule has 19 heavy (non-hydrogen) atoms. The number of benzene rings is 1. The average Bonchev–Trinajstić information content (AvgIpc) is 2.46. The number of ether oxygens (including phenoxy) is 1. The van der Waals surface area contributed by atoms with E-state index in [2.05, 4.69) is 0 Å². The summed E-state index contributed by atoms with van der Waals surface area (Å²) in [5.74, 6) is 0.842. The van der Waals surface area contributed by atoms with Gasteiger partial charge in [-0.15, -0.1) is 0 Å². The third-order valence-corrected chi connectivity index (χ3v) is 3.06. The highest BCUT2D eigenvalue weighted by Gasteiger charge is 2.16. The largest absolute Gasteiger partial charge is 0.492 e. The van der Waals surface area contributed by atoms with Gasteiger partial charge in [0.2, 0.25) is 0 Å². The van der Waals surface area contributed by atoms with Gasteiger partial charge in [0.05, 0.1) is 6.54 Å². The van der Waals surface area contributed by atoms with Crippen LogP contribution in [-0.4, -0.2) is 48.6 Å². The quantitative estimate of drug-likeness (QED) is 0.758. The van der Waals surface area contributed by atoms with Crippen molar-refractivity contribution in [3.8, 4) is 5.75 Å². The maximum atomic E-state index is 12.2. The average molecular weight is 264 g/mol. The summed E-state index contributed by atoms with van der Waals surface area (Å²) in [7, 11) is 0. The molecule has 4 heteroatoms. The highest BCUT2D eigenvalue weighted by molar-refractivity contribution is 5.74. The van der Waals surface area contributed by atoms with Crippen molar-refractivity contribution >= 4 is 6.03 Å². The molecule has 0 saturated carbocycles. The lowest BCUT2D eigenvalue weighted by Gasteiger charge is -2.28. The van der Waals surface area contributed by atoms with Crippen LogP contribution in [0.1, 0.15) is 20.8 Å². The Labute approximate surface area is 116 Å². The molecule has 106 valence electrons. The summed E-state index contributed by atoms with van der Waals surface area (Å²) in [6.07, 6.45) is 0. The van der Waals surface area contributed by atoms with E-state index < -0.39 is 0 Å². The van der Waals surface area contributed by atoms with Gasteiger partial charge in [-0.25, -0.2) is 4.79 Å². The van der Waals surface area contributed by atoms with Gasteiger partial charge in [0, 0.05) is 19.6 Å². The number of rotatable bonds is 7. The predicted octanol–water partition coefficient (Wildman–Crippen LogP) is 2.85.